The molecule has 0 aliphatic heterocycles. The highest BCUT2D eigenvalue weighted by Crippen LogP contribution is 2.25. The van der Waals surface area contributed by atoms with Gasteiger partial charge in [-0.2, -0.15) is 0 Å². The first-order chi connectivity index (χ1) is 5.29. The van der Waals surface area contributed by atoms with E-state index < -0.39 is 0 Å². The van der Waals surface area contributed by atoms with Gasteiger partial charge in [0.1, 0.15) is 0 Å². The van der Waals surface area contributed by atoms with Crippen molar-refractivity contribution in [2.45, 2.75) is 13.3 Å². The van der Waals surface area contributed by atoms with Crippen LogP contribution in [0.1, 0.15) is 12.5 Å². The van der Waals surface area contributed by atoms with Crippen molar-refractivity contribution in [3.63, 3.8) is 0 Å². The minimum atomic E-state index is 0.981. The summed E-state index contributed by atoms with van der Waals surface area (Å²) < 4.78 is 1.01. The van der Waals surface area contributed by atoms with Gasteiger partial charge in [-0.05, 0) is 34.0 Å². The van der Waals surface area contributed by atoms with E-state index in [1.807, 2.05) is 12.1 Å². The summed E-state index contributed by atoms with van der Waals surface area (Å²) in [5.41, 5.74) is 4.87. The smallest absolute Gasteiger partial charge is 0.0659 e. The summed E-state index contributed by atoms with van der Waals surface area (Å²) >= 11 is 3.41. The average molecular weight is 215 g/mol. The molecule has 60 valence electrons. The molecule has 1 aromatic rings. The molecule has 0 aliphatic carbocycles. The molecule has 0 heterocycles. The molecule has 0 spiro atoms. The van der Waals surface area contributed by atoms with E-state index in [0.717, 1.165) is 16.6 Å². The molecule has 0 aliphatic rings. The van der Waals surface area contributed by atoms with Crippen molar-refractivity contribution < 1.29 is 0 Å². The third-order valence-corrected chi connectivity index (χ3v) is 2.29. The summed E-state index contributed by atoms with van der Waals surface area (Å²) in [6.07, 6.45) is 0.985. The minimum Gasteiger partial charge on any atom is -0.323 e. The van der Waals surface area contributed by atoms with Crippen molar-refractivity contribution in [3.8, 4) is 0 Å². The molecule has 11 heavy (non-hydrogen) atoms. The highest BCUT2D eigenvalue weighted by molar-refractivity contribution is 9.10. The fourth-order valence-electron chi connectivity index (χ4n) is 1.03. The number of halogens is 1. The Hall–Kier alpha value is -0.540. The number of anilines is 1. The van der Waals surface area contributed by atoms with Gasteiger partial charge in [-0.3, -0.25) is 5.84 Å². The Balaban J connectivity index is 3.13. The Kier molecular flexibility index (Phi) is 2.91. The van der Waals surface area contributed by atoms with Gasteiger partial charge in [-0.15, -0.1) is 0 Å². The molecule has 0 amide bonds. The number of para-hydroxylation sites is 1. The molecule has 0 saturated carbocycles. The van der Waals surface area contributed by atoms with E-state index in [4.69, 9.17) is 5.84 Å². The summed E-state index contributed by atoms with van der Waals surface area (Å²) in [7, 11) is 0. The summed E-state index contributed by atoms with van der Waals surface area (Å²) in [5.74, 6) is 5.35. The lowest BCUT2D eigenvalue weighted by molar-refractivity contribution is 1.12. The van der Waals surface area contributed by atoms with Crippen LogP contribution in [0.25, 0.3) is 0 Å². The third kappa shape index (κ3) is 1.73. The quantitative estimate of drug-likeness (QED) is 0.586. The number of rotatable bonds is 2. The van der Waals surface area contributed by atoms with Gasteiger partial charge < -0.3 is 5.43 Å². The van der Waals surface area contributed by atoms with Gasteiger partial charge in [0.2, 0.25) is 0 Å². The van der Waals surface area contributed by atoms with Gasteiger partial charge in [-0.25, -0.2) is 0 Å². The van der Waals surface area contributed by atoms with Gasteiger partial charge in [0.25, 0.3) is 0 Å². The molecule has 0 saturated heterocycles. The SMILES string of the molecule is CCc1cccc(Br)c1NN. The number of hydrogen-bond acceptors (Lipinski definition) is 2. The third-order valence-electron chi connectivity index (χ3n) is 1.63. The number of nitrogens with one attached hydrogen (secondary N) is 1. The van der Waals surface area contributed by atoms with E-state index >= 15 is 0 Å². The average Bonchev–Trinajstić information content (AvgIpc) is 2.04. The van der Waals surface area contributed by atoms with E-state index in [9.17, 15) is 0 Å². The fourth-order valence-corrected chi connectivity index (χ4v) is 1.55. The second-order valence-electron chi connectivity index (χ2n) is 2.27. The lowest BCUT2D eigenvalue weighted by Gasteiger charge is -2.07. The maximum absolute atomic E-state index is 5.35. The number of benzene rings is 1. The summed E-state index contributed by atoms with van der Waals surface area (Å²) in [5, 5.41) is 0. The lowest BCUT2D eigenvalue weighted by atomic mass is 10.1. The standard InChI is InChI=1S/C8H11BrN2/c1-2-6-4-3-5-7(9)8(6)11-10/h3-5,11H,2,10H2,1H3. The first-order valence-electron chi connectivity index (χ1n) is 3.53. The van der Waals surface area contributed by atoms with Crippen molar-refractivity contribution in [3.05, 3.63) is 28.2 Å². The first-order valence-corrected chi connectivity index (χ1v) is 4.33. The van der Waals surface area contributed by atoms with Crippen LogP contribution < -0.4 is 11.3 Å². The van der Waals surface area contributed by atoms with Gasteiger partial charge in [-0.1, -0.05) is 19.1 Å². The monoisotopic (exact) mass is 214 g/mol. The highest BCUT2D eigenvalue weighted by atomic mass is 79.9. The van der Waals surface area contributed by atoms with Crippen LogP contribution in [0.2, 0.25) is 0 Å². The van der Waals surface area contributed by atoms with E-state index in [-0.39, 0.29) is 0 Å². The lowest BCUT2D eigenvalue weighted by Crippen LogP contribution is -2.09. The van der Waals surface area contributed by atoms with Crippen LogP contribution in [0.5, 0.6) is 0 Å². The fraction of sp³-hybridized carbons (Fsp3) is 0.250. The van der Waals surface area contributed by atoms with E-state index in [1.165, 1.54) is 5.56 Å². The van der Waals surface area contributed by atoms with Gasteiger partial charge in [0.15, 0.2) is 0 Å². The Labute approximate surface area is 74.9 Å². The van der Waals surface area contributed by atoms with Crippen LogP contribution in [0.3, 0.4) is 0 Å². The van der Waals surface area contributed by atoms with Crippen molar-refractivity contribution in [2.24, 2.45) is 5.84 Å². The van der Waals surface area contributed by atoms with Crippen molar-refractivity contribution in [1.29, 1.82) is 0 Å². The number of hydrazine groups is 1. The van der Waals surface area contributed by atoms with Gasteiger partial charge in [0, 0.05) is 4.47 Å². The summed E-state index contributed by atoms with van der Waals surface area (Å²) in [4.78, 5) is 0. The Morgan fingerprint density at radius 3 is 2.73 bits per heavy atom. The molecule has 1 aromatic carbocycles. The molecular weight excluding hydrogens is 204 g/mol. The Bertz CT molecular complexity index is 248. The Morgan fingerprint density at radius 2 is 2.27 bits per heavy atom. The second-order valence-corrected chi connectivity index (χ2v) is 3.13. The maximum atomic E-state index is 5.35. The van der Waals surface area contributed by atoms with Crippen molar-refractivity contribution in [1.82, 2.24) is 0 Å². The summed E-state index contributed by atoms with van der Waals surface area (Å²) in [6, 6.07) is 6.03. The van der Waals surface area contributed by atoms with Crippen LogP contribution in [0.4, 0.5) is 5.69 Å². The van der Waals surface area contributed by atoms with Gasteiger partial charge in [0.05, 0.1) is 5.69 Å². The van der Waals surface area contributed by atoms with Crippen molar-refractivity contribution >= 4 is 21.6 Å². The topological polar surface area (TPSA) is 38.0 Å². The molecule has 0 radical (unpaired) electrons. The highest BCUT2D eigenvalue weighted by Gasteiger charge is 2.01. The second kappa shape index (κ2) is 3.74. The molecule has 3 N–H and O–H groups in total. The van der Waals surface area contributed by atoms with Gasteiger partial charge >= 0.3 is 0 Å². The number of nitrogen functional groups attached to an aromatic ring is 1. The van der Waals surface area contributed by atoms with E-state index in [0.29, 0.717) is 0 Å². The Morgan fingerprint density at radius 1 is 1.55 bits per heavy atom. The molecule has 0 fully saturated rings. The molecule has 2 nitrogen and oxygen atoms in total. The van der Waals surface area contributed by atoms with Crippen LogP contribution in [0, 0.1) is 0 Å². The van der Waals surface area contributed by atoms with E-state index in [2.05, 4.69) is 34.3 Å². The van der Waals surface area contributed by atoms with E-state index in [1.54, 1.807) is 0 Å². The largest absolute Gasteiger partial charge is 0.323 e. The molecule has 1 rings (SSSR count). The predicted molar refractivity (Wildman–Crippen MR) is 51.3 cm³/mol. The molecular formula is C8H11BrN2. The van der Waals surface area contributed by atoms with Crippen LogP contribution >= 0.6 is 15.9 Å². The zero-order valence-electron chi connectivity index (χ0n) is 6.39. The normalized spacial score (nSPS) is 9.73. The molecule has 0 aromatic heterocycles. The van der Waals surface area contributed by atoms with Crippen LogP contribution in [0.15, 0.2) is 22.7 Å². The number of hydrogen-bond donors (Lipinski definition) is 2. The zero-order valence-corrected chi connectivity index (χ0v) is 7.98. The zero-order chi connectivity index (χ0) is 8.27. The number of aryl methyl sites for hydroxylation is 1. The van der Waals surface area contributed by atoms with Crippen LogP contribution in [-0.4, -0.2) is 0 Å². The van der Waals surface area contributed by atoms with Crippen LogP contribution in [-0.2, 0) is 6.42 Å². The predicted octanol–water partition coefficient (Wildman–Crippen LogP) is 2.30. The minimum absolute atomic E-state index is 0.981. The van der Waals surface area contributed by atoms with Crippen molar-refractivity contribution in [2.75, 3.05) is 5.43 Å². The maximum Gasteiger partial charge on any atom is 0.0659 e. The molecule has 3 heteroatoms. The molecule has 0 bridgehead atoms. The number of nitrogens with two attached hydrogens (primary N) is 1. The molecule has 0 atom stereocenters. The summed E-state index contributed by atoms with van der Waals surface area (Å²) in [6.45, 7) is 2.10. The first kappa shape index (κ1) is 8.56. The molecule has 0 unspecified atom stereocenters.